The second kappa shape index (κ2) is 28.8. The molecule has 3 fully saturated rings. The van der Waals surface area contributed by atoms with Crippen LogP contribution in [0, 0.1) is 51.4 Å². The Bertz CT molecular complexity index is 5490. The number of hydrogen-bond acceptors (Lipinski definition) is 20. The van der Waals surface area contributed by atoms with Gasteiger partial charge in [0.05, 0.1) is 119 Å². The maximum atomic E-state index is 14.5. The van der Waals surface area contributed by atoms with Crippen LogP contribution in [0.3, 0.4) is 0 Å². The number of fused-ring (bicyclic) bond motifs is 5. The number of nitrogens with two attached hydrogens (primary N) is 2. The fraction of sp³-hybridized carbons (Fsp3) is 0.200. The van der Waals surface area contributed by atoms with Crippen molar-refractivity contribution in [2.24, 2.45) is 0 Å². The maximum Gasteiger partial charge on any atom is 0.341 e. The highest BCUT2D eigenvalue weighted by molar-refractivity contribution is 5.94. The van der Waals surface area contributed by atoms with Gasteiger partial charge in [-0.2, -0.15) is 31.1 Å². The molecule has 0 saturated carbocycles. The molecule has 0 spiro atoms. The van der Waals surface area contributed by atoms with Gasteiger partial charge in [0.1, 0.15) is 87.6 Å². The van der Waals surface area contributed by atoms with E-state index in [2.05, 4.69) is 62.2 Å². The number of nitrogen functional groups attached to an aromatic ring is 2. The smallest absolute Gasteiger partial charge is 0.341 e. The average molecular weight is 1400 g/mol. The summed E-state index contributed by atoms with van der Waals surface area (Å²) >= 11 is 0. The highest BCUT2D eigenvalue weighted by atomic mass is 19.1. The Kier molecular flexibility index (Phi) is 18.7. The summed E-state index contributed by atoms with van der Waals surface area (Å²) in [5, 5.41) is 49.5. The molecule has 0 amide bonds. The number of halogens is 3. The number of methoxy groups -OCH3 is 3. The third-order valence-electron chi connectivity index (χ3n) is 18.6. The third-order valence-corrected chi connectivity index (χ3v) is 18.6. The quantitative estimate of drug-likeness (QED) is 0.0709. The van der Waals surface area contributed by atoms with Crippen LogP contribution in [-0.2, 0) is 0 Å². The molecule has 3 atom stereocenters. The van der Waals surface area contributed by atoms with Crippen LogP contribution in [0.1, 0.15) is 100 Å². The fourth-order valence-corrected chi connectivity index (χ4v) is 13.6. The number of benzene rings is 6. The molecule has 104 heavy (non-hydrogen) atoms. The number of ether oxygens (including phenoxy) is 3. The zero-order valence-corrected chi connectivity index (χ0v) is 56.2. The number of carboxylic acid groups (broad SMARTS) is 1. The van der Waals surface area contributed by atoms with Gasteiger partial charge in [-0.3, -0.25) is 0 Å². The number of aromatic amines is 2. The van der Waals surface area contributed by atoms with Crippen LogP contribution in [0.25, 0.3) is 61.8 Å². The molecule has 8 aromatic heterocycles. The number of hydrogen-bond donors (Lipinski definition) is 5. The fourth-order valence-electron chi connectivity index (χ4n) is 13.6. The largest absolute Gasteiger partial charge is 0.495 e. The zero-order valence-electron chi connectivity index (χ0n) is 56.2. The summed E-state index contributed by atoms with van der Waals surface area (Å²) in [4.78, 5) is 47.8. The van der Waals surface area contributed by atoms with Crippen molar-refractivity contribution in [1.82, 2.24) is 63.7 Å². The molecule has 0 unspecified atom stereocenters. The Balaban J connectivity index is 0.000000123. The number of aromatic nitrogens is 13. The Morgan fingerprint density at radius 3 is 1.23 bits per heavy atom. The minimum absolute atomic E-state index is 0.0542. The highest BCUT2D eigenvalue weighted by Crippen LogP contribution is 2.41. The van der Waals surface area contributed by atoms with Crippen LogP contribution in [-0.4, -0.2) is 116 Å². The van der Waals surface area contributed by atoms with Gasteiger partial charge in [0.15, 0.2) is 16.9 Å². The molecule has 6 aromatic carbocycles. The van der Waals surface area contributed by atoms with Gasteiger partial charge in [0, 0.05) is 73.1 Å². The lowest BCUT2D eigenvalue weighted by molar-refractivity contribution is 0.0698. The molecule has 7 N–H and O–H groups in total. The summed E-state index contributed by atoms with van der Waals surface area (Å²) in [6, 6.07) is 42.2. The number of nitrogens with zero attached hydrogens (tertiary/aromatic N) is 17. The molecule has 3 aliphatic rings. The van der Waals surface area contributed by atoms with Gasteiger partial charge in [-0.1, -0.05) is 54.6 Å². The van der Waals surface area contributed by atoms with E-state index in [1.165, 1.54) is 62.4 Å². The van der Waals surface area contributed by atoms with Crippen molar-refractivity contribution >= 4 is 73.8 Å². The van der Waals surface area contributed by atoms with Crippen molar-refractivity contribution in [3.05, 3.63) is 221 Å². The maximum absolute atomic E-state index is 14.5. The van der Waals surface area contributed by atoms with E-state index in [0.29, 0.717) is 107 Å². The standard InChI is InChI=1S/2C25H20FN7O.C17H15FN4O2.C8H9N3O/c2*1-34-22-12-20-19(11-15(22)13-27)29-24(30-20)17-14-28-33-10-8-23(31-25(17)33)32-9-4-7-21(32)16-5-2-3-6-18(16)26;18-13-5-2-1-4-11(13)14-6-3-8-21(14)15-7-9-22-16(20-15)12(10-19-22)17(23)24;1-12-8-3-7(11)6(10)2-5(8)4-9/h2*2-3,5-6,8,10-12,14,21H,4,7,9H2,1H3,(H,29,30);1-2,4-5,7,9-10,14H,3,6,8H2,(H,23,24);2-3H,10-11H2,1H3/t2*21-;14-;/m111./s1. The minimum Gasteiger partial charge on any atom is -0.495 e. The van der Waals surface area contributed by atoms with E-state index >= 15 is 0 Å². The predicted molar refractivity (Wildman–Crippen MR) is 382 cm³/mol. The number of aromatic carboxylic acids is 1. The number of anilines is 5. The van der Waals surface area contributed by atoms with E-state index in [0.717, 1.165) is 92.0 Å². The lowest BCUT2D eigenvalue weighted by Crippen LogP contribution is -2.24. The molecule has 520 valence electrons. The molecule has 3 aliphatic heterocycles. The topological polar surface area (TPSA) is 346 Å². The number of nitrogens with one attached hydrogen (secondary N) is 2. The van der Waals surface area contributed by atoms with Crippen molar-refractivity contribution in [3.8, 4) is 58.2 Å². The molecule has 17 rings (SSSR count). The molecule has 3 saturated heterocycles. The number of rotatable bonds is 12. The summed E-state index contributed by atoms with van der Waals surface area (Å²) in [5.41, 5.74) is 21.0. The average Bonchev–Trinajstić information content (AvgIpc) is 1.62. The third kappa shape index (κ3) is 13.0. The SMILES string of the molecule is COc1cc(N)c(N)cc1C#N.COc1cc2nc(-c3cnn4ccc(N5CCC[C@@H]5c5ccccc5F)nc34)[nH]c2cc1C#N.COc1cc2nc(-c3cnn4ccc(N5CCC[C@@H]5c5ccccc5F)nc34)[nH]c2cc1C#N.O=C(O)c1cnn2ccc(N3CCC[C@@H]3c3ccccc3F)nc12. The van der Waals surface area contributed by atoms with E-state index in [-0.39, 0.29) is 41.1 Å². The van der Waals surface area contributed by atoms with Crippen molar-refractivity contribution in [2.75, 3.05) is 67.1 Å². The first kappa shape index (κ1) is 67.4. The van der Waals surface area contributed by atoms with Crippen LogP contribution in [0.2, 0.25) is 0 Å². The van der Waals surface area contributed by atoms with Crippen molar-refractivity contribution in [3.63, 3.8) is 0 Å². The summed E-state index contributed by atoms with van der Waals surface area (Å²) < 4.78 is 63.6. The van der Waals surface area contributed by atoms with Crippen LogP contribution < -0.4 is 40.4 Å². The summed E-state index contributed by atoms with van der Waals surface area (Å²) in [6.45, 7) is 2.35. The van der Waals surface area contributed by atoms with E-state index in [4.69, 9.17) is 40.9 Å². The van der Waals surface area contributed by atoms with Crippen molar-refractivity contribution in [1.29, 1.82) is 15.8 Å². The molecule has 11 heterocycles. The normalized spacial score (nSPS) is 15.4. The van der Waals surface area contributed by atoms with Crippen molar-refractivity contribution in [2.45, 2.75) is 56.7 Å². The Labute approximate surface area is 591 Å². The first-order chi connectivity index (χ1) is 50.6. The number of carboxylic acids is 1. The summed E-state index contributed by atoms with van der Waals surface area (Å²) in [5.74, 6) is 3.07. The van der Waals surface area contributed by atoms with Gasteiger partial charge in [-0.25, -0.2) is 56.4 Å². The van der Waals surface area contributed by atoms with Gasteiger partial charge >= 0.3 is 5.97 Å². The monoisotopic (exact) mass is 1400 g/mol. The second-order valence-electron chi connectivity index (χ2n) is 24.6. The summed E-state index contributed by atoms with van der Waals surface area (Å²) in [6.07, 6.45) is 15.5. The molecule has 0 aliphatic carbocycles. The van der Waals surface area contributed by atoms with Gasteiger partial charge in [0.2, 0.25) is 0 Å². The highest BCUT2D eigenvalue weighted by Gasteiger charge is 2.33. The Morgan fingerprint density at radius 2 is 0.846 bits per heavy atom. The molecule has 0 radical (unpaired) electrons. The lowest BCUT2D eigenvalue weighted by atomic mass is 10.0. The second-order valence-corrected chi connectivity index (χ2v) is 24.6. The number of H-pyrrole nitrogens is 2. The lowest BCUT2D eigenvalue weighted by Gasteiger charge is -2.26. The minimum atomic E-state index is -1.07. The first-order valence-corrected chi connectivity index (χ1v) is 33.0. The molecule has 14 aromatic rings. The molecule has 26 nitrogen and oxygen atoms in total. The van der Waals surface area contributed by atoms with Crippen LogP contribution in [0.5, 0.6) is 17.2 Å². The van der Waals surface area contributed by atoms with Crippen LogP contribution in [0.15, 0.2) is 165 Å². The zero-order chi connectivity index (χ0) is 72.3. The first-order valence-electron chi connectivity index (χ1n) is 33.0. The Hall–Kier alpha value is -13.8. The van der Waals surface area contributed by atoms with Crippen molar-refractivity contribution < 1.29 is 37.3 Å². The van der Waals surface area contributed by atoms with E-state index in [9.17, 15) is 33.6 Å². The van der Waals surface area contributed by atoms with Crippen LogP contribution in [0.4, 0.5) is 42.0 Å². The number of imidazole rings is 2. The predicted octanol–water partition coefficient (Wildman–Crippen LogP) is 12.9. The van der Waals surface area contributed by atoms with E-state index in [1.807, 2.05) is 65.8 Å². The van der Waals surface area contributed by atoms with Gasteiger partial charge in [-0.05, 0) is 93.1 Å². The van der Waals surface area contributed by atoms with Crippen LogP contribution >= 0.6 is 0 Å². The number of carbonyl (C=O) groups is 1. The molecule has 0 bridgehead atoms. The molecular formula is C75H64F3N21O5. The molecular weight excluding hydrogens is 1330 g/mol. The number of nitriles is 3. The van der Waals surface area contributed by atoms with Gasteiger partial charge < -0.3 is 55.5 Å². The van der Waals surface area contributed by atoms with E-state index in [1.54, 1.807) is 82.2 Å². The molecule has 29 heteroatoms. The van der Waals surface area contributed by atoms with Gasteiger partial charge in [-0.15, -0.1) is 0 Å². The Morgan fingerprint density at radius 1 is 0.490 bits per heavy atom. The van der Waals surface area contributed by atoms with Gasteiger partial charge in [0.25, 0.3) is 0 Å². The van der Waals surface area contributed by atoms with E-state index < -0.39 is 5.97 Å². The summed E-state index contributed by atoms with van der Waals surface area (Å²) in [7, 11) is 4.53.